The predicted octanol–water partition coefficient (Wildman–Crippen LogP) is 3.96. The minimum atomic E-state index is -3.83. The molecule has 4 aliphatic rings. The van der Waals surface area contributed by atoms with Gasteiger partial charge in [0.25, 0.3) is 10.0 Å². The van der Waals surface area contributed by atoms with Gasteiger partial charge in [0, 0.05) is 11.8 Å². The molecule has 35 heavy (non-hydrogen) atoms. The van der Waals surface area contributed by atoms with Crippen molar-refractivity contribution in [2.24, 2.45) is 17.3 Å². The van der Waals surface area contributed by atoms with Crippen molar-refractivity contribution in [3.63, 3.8) is 0 Å². The summed E-state index contributed by atoms with van der Waals surface area (Å²) in [7, 11) is -3.83. The molecule has 184 valence electrons. The van der Waals surface area contributed by atoms with Gasteiger partial charge >= 0.3 is 0 Å². The molecule has 4 aliphatic carbocycles. The van der Waals surface area contributed by atoms with E-state index in [1.807, 2.05) is 4.68 Å². The maximum absolute atomic E-state index is 13.6. The Morgan fingerprint density at radius 1 is 1.17 bits per heavy atom. The molecule has 12 heteroatoms. The number of rotatable bonds is 6. The summed E-state index contributed by atoms with van der Waals surface area (Å²) >= 11 is 6.02. The van der Waals surface area contributed by atoms with E-state index in [0.717, 1.165) is 32.1 Å². The smallest absolute Gasteiger partial charge is 0.263 e. The van der Waals surface area contributed by atoms with Gasteiger partial charge in [-0.25, -0.2) is 18.1 Å². The highest BCUT2D eigenvalue weighted by Gasteiger charge is 2.61. The Kier molecular flexibility index (Phi) is 5.02. The number of aromatic nitrogens is 4. The Morgan fingerprint density at radius 2 is 1.89 bits per heavy atom. The van der Waals surface area contributed by atoms with Gasteiger partial charge in [0.05, 0.1) is 15.8 Å². The number of hydrogen-bond donors (Lipinski definition) is 2. The van der Waals surface area contributed by atoms with Crippen molar-refractivity contribution < 1.29 is 17.7 Å². The summed E-state index contributed by atoms with van der Waals surface area (Å²) in [6.45, 7) is 1.68. The number of benzene rings is 1. The third-order valence-corrected chi connectivity index (χ3v) is 9.29. The average Bonchev–Trinajstić information content (AvgIpc) is 3.41. The molecule has 7 rings (SSSR count). The standard InChI is InChI=1S/C23H25ClN6O4S/c1-14-6-19(28-34-14)29-35(32,33)18-4-2-17(3-5-18)26-20(31)22-8-15-7-16(9-22)11-23(10-15,12-22)30-13-25-21(24)27-30/h2-6,13,15-16H,7-12H2,1H3,(H,26,31)(H,28,29)/t15-,16-,22?,23?/m1/s1. The van der Waals surface area contributed by atoms with Crippen LogP contribution in [0.5, 0.6) is 0 Å². The van der Waals surface area contributed by atoms with Gasteiger partial charge in [0.1, 0.15) is 12.1 Å². The summed E-state index contributed by atoms with van der Waals surface area (Å²) < 4.78 is 34.5. The highest BCUT2D eigenvalue weighted by molar-refractivity contribution is 7.92. The molecule has 0 spiro atoms. The third-order valence-electron chi connectivity index (χ3n) is 7.75. The molecule has 0 saturated heterocycles. The lowest BCUT2D eigenvalue weighted by Gasteiger charge is -2.60. The van der Waals surface area contributed by atoms with Gasteiger partial charge in [-0.15, -0.1) is 5.10 Å². The second-order valence-corrected chi connectivity index (χ2v) is 12.4. The molecule has 0 unspecified atom stereocenters. The fraction of sp³-hybridized carbons (Fsp3) is 0.478. The van der Waals surface area contributed by atoms with Crippen molar-refractivity contribution in [2.75, 3.05) is 10.0 Å². The molecule has 2 N–H and O–H groups in total. The molecule has 4 fully saturated rings. The monoisotopic (exact) mass is 516 g/mol. The lowest BCUT2D eigenvalue weighted by molar-refractivity contribution is -0.150. The Bertz CT molecular complexity index is 1390. The summed E-state index contributed by atoms with van der Waals surface area (Å²) in [5.74, 6) is 1.52. The summed E-state index contributed by atoms with van der Waals surface area (Å²) in [4.78, 5) is 17.8. The van der Waals surface area contributed by atoms with Crippen molar-refractivity contribution in [3.05, 3.63) is 47.7 Å². The van der Waals surface area contributed by atoms with Gasteiger partial charge in [-0.3, -0.25) is 9.52 Å². The molecule has 2 aromatic heterocycles. The van der Waals surface area contributed by atoms with Crippen LogP contribution in [0, 0.1) is 24.2 Å². The second kappa shape index (κ2) is 7.79. The summed E-state index contributed by atoms with van der Waals surface area (Å²) in [5, 5.41) is 11.3. The Morgan fingerprint density at radius 3 is 2.49 bits per heavy atom. The first-order valence-corrected chi connectivity index (χ1v) is 13.5. The van der Waals surface area contributed by atoms with Gasteiger partial charge in [-0.2, -0.15) is 0 Å². The normalized spacial score (nSPS) is 29.3. The number of sulfonamides is 1. The van der Waals surface area contributed by atoms with E-state index in [0.29, 0.717) is 29.7 Å². The van der Waals surface area contributed by atoms with Crippen molar-refractivity contribution in [2.45, 2.75) is 55.9 Å². The Balaban J connectivity index is 1.20. The zero-order valence-corrected chi connectivity index (χ0v) is 20.6. The highest BCUT2D eigenvalue weighted by atomic mass is 35.5. The number of amides is 1. The maximum Gasteiger partial charge on any atom is 0.263 e. The number of aryl methyl sites for hydroxylation is 1. The second-order valence-electron chi connectivity index (χ2n) is 10.3. The zero-order chi connectivity index (χ0) is 24.4. The predicted molar refractivity (Wildman–Crippen MR) is 127 cm³/mol. The fourth-order valence-corrected chi connectivity index (χ4v) is 7.92. The first kappa shape index (κ1) is 22.5. The molecule has 2 atom stereocenters. The molecule has 2 heterocycles. The van der Waals surface area contributed by atoms with Crippen LogP contribution in [-0.2, 0) is 20.4 Å². The van der Waals surface area contributed by atoms with Gasteiger partial charge in [-0.05, 0) is 93.2 Å². The van der Waals surface area contributed by atoms with E-state index in [2.05, 4.69) is 25.3 Å². The Labute approximate surface area is 207 Å². The van der Waals surface area contributed by atoms with Crippen molar-refractivity contribution in [1.82, 2.24) is 19.9 Å². The van der Waals surface area contributed by atoms with Crippen molar-refractivity contribution in [3.8, 4) is 0 Å². The van der Waals surface area contributed by atoms with E-state index in [1.165, 1.54) is 18.2 Å². The Hall–Kier alpha value is -2.92. The van der Waals surface area contributed by atoms with Crippen molar-refractivity contribution >= 4 is 39.0 Å². The van der Waals surface area contributed by atoms with E-state index in [4.69, 9.17) is 16.1 Å². The van der Waals surface area contributed by atoms with Gasteiger partial charge in [0.15, 0.2) is 5.82 Å². The zero-order valence-electron chi connectivity index (χ0n) is 19.1. The molecule has 3 aromatic rings. The SMILES string of the molecule is Cc1cc(NS(=O)(=O)c2ccc(NC(=O)C34C[C@H]5C[C@H](C3)CC(n3cnc(Cl)n3)(C5)C4)cc2)no1. The fourth-order valence-electron chi connectivity index (χ4n) is 6.81. The van der Waals surface area contributed by atoms with E-state index >= 15 is 0 Å². The number of anilines is 2. The number of carbonyl (C=O) groups excluding carboxylic acids is 1. The van der Waals surface area contributed by atoms with E-state index < -0.39 is 15.4 Å². The van der Waals surface area contributed by atoms with Crippen LogP contribution in [0.15, 0.2) is 46.1 Å². The van der Waals surface area contributed by atoms with Crippen LogP contribution in [-0.4, -0.2) is 34.2 Å². The largest absolute Gasteiger partial charge is 0.360 e. The van der Waals surface area contributed by atoms with Crippen LogP contribution in [0.2, 0.25) is 5.28 Å². The van der Waals surface area contributed by atoms with Crippen LogP contribution in [0.4, 0.5) is 11.5 Å². The molecule has 4 bridgehead atoms. The third kappa shape index (κ3) is 3.90. The maximum atomic E-state index is 13.6. The molecule has 10 nitrogen and oxygen atoms in total. The van der Waals surface area contributed by atoms with Crippen LogP contribution in [0.25, 0.3) is 0 Å². The number of nitrogens with zero attached hydrogens (tertiary/aromatic N) is 4. The lowest BCUT2D eigenvalue weighted by atomic mass is 9.46. The topological polar surface area (TPSA) is 132 Å². The van der Waals surface area contributed by atoms with Crippen LogP contribution >= 0.6 is 11.6 Å². The first-order chi connectivity index (χ1) is 16.6. The quantitative estimate of drug-likeness (QED) is 0.506. The van der Waals surface area contributed by atoms with Gasteiger partial charge in [-0.1, -0.05) is 5.16 Å². The lowest BCUT2D eigenvalue weighted by Crippen LogP contribution is -2.60. The van der Waals surface area contributed by atoms with Crippen LogP contribution in [0.1, 0.15) is 44.3 Å². The van der Waals surface area contributed by atoms with E-state index in [1.54, 1.807) is 25.4 Å². The number of hydrogen-bond acceptors (Lipinski definition) is 7. The molecule has 1 amide bonds. The molecule has 0 radical (unpaired) electrons. The minimum absolute atomic E-state index is 0.0195. The first-order valence-electron chi connectivity index (χ1n) is 11.6. The molecular weight excluding hydrogens is 492 g/mol. The minimum Gasteiger partial charge on any atom is -0.360 e. The number of carbonyl (C=O) groups is 1. The van der Waals surface area contributed by atoms with E-state index in [9.17, 15) is 13.2 Å². The van der Waals surface area contributed by atoms with Crippen molar-refractivity contribution in [1.29, 1.82) is 0 Å². The van der Waals surface area contributed by atoms with Crippen LogP contribution in [0.3, 0.4) is 0 Å². The molecular formula is C23H25ClN6O4S. The summed E-state index contributed by atoms with van der Waals surface area (Å²) in [6, 6.07) is 7.63. The summed E-state index contributed by atoms with van der Waals surface area (Å²) in [5.41, 5.74) is -0.163. The molecule has 0 aliphatic heterocycles. The van der Waals surface area contributed by atoms with E-state index in [-0.39, 0.29) is 27.4 Å². The van der Waals surface area contributed by atoms with Gasteiger partial charge in [0.2, 0.25) is 11.2 Å². The number of halogens is 1. The molecule has 4 saturated carbocycles. The van der Waals surface area contributed by atoms with Gasteiger partial charge < -0.3 is 9.84 Å². The summed E-state index contributed by atoms with van der Waals surface area (Å²) in [6.07, 6.45) is 7.22. The average molecular weight is 517 g/mol. The molecule has 1 aromatic carbocycles. The highest BCUT2D eigenvalue weighted by Crippen LogP contribution is 2.64. The van der Waals surface area contributed by atoms with Crippen LogP contribution < -0.4 is 10.0 Å². The number of nitrogens with one attached hydrogen (secondary N) is 2.